The van der Waals surface area contributed by atoms with Crippen LogP contribution in [0.4, 0.5) is 0 Å². The SMILES string of the molecule is c1ccc2c(c1)CC(c1cccc3ccccc13)=c1ccccc1=C2c1ccc(-c2cccc3ccccc23)cc1. The summed E-state index contributed by atoms with van der Waals surface area (Å²) in [6.45, 7) is 0. The monoisotopic (exact) mass is 520 g/mol. The first-order valence-corrected chi connectivity index (χ1v) is 14.3. The highest BCUT2D eigenvalue weighted by molar-refractivity contribution is 5.98. The first-order valence-electron chi connectivity index (χ1n) is 14.3. The van der Waals surface area contributed by atoms with Gasteiger partial charge in [0.05, 0.1) is 0 Å². The Hall–Kier alpha value is -5.20. The fourth-order valence-corrected chi connectivity index (χ4v) is 6.65. The summed E-state index contributed by atoms with van der Waals surface area (Å²) in [7, 11) is 0. The summed E-state index contributed by atoms with van der Waals surface area (Å²) in [5, 5.41) is 7.74. The maximum Gasteiger partial charge on any atom is -0.000727 e. The van der Waals surface area contributed by atoms with Gasteiger partial charge >= 0.3 is 0 Å². The second kappa shape index (κ2) is 9.77. The van der Waals surface area contributed by atoms with Crippen LogP contribution in [-0.4, -0.2) is 0 Å². The van der Waals surface area contributed by atoms with E-state index >= 15 is 0 Å². The first kappa shape index (κ1) is 23.7. The molecule has 0 fully saturated rings. The average Bonchev–Trinajstić information content (AvgIpc) is 3.19. The fraction of sp³-hybridized carbons (Fsp3) is 0.0244. The Kier molecular flexibility index (Phi) is 5.64. The molecule has 0 saturated heterocycles. The topological polar surface area (TPSA) is 0 Å². The van der Waals surface area contributed by atoms with Gasteiger partial charge in [-0.15, -0.1) is 0 Å². The van der Waals surface area contributed by atoms with Gasteiger partial charge in [0.25, 0.3) is 0 Å². The number of fused-ring (bicyclic) bond motifs is 4. The van der Waals surface area contributed by atoms with E-state index in [0.717, 1.165) is 6.42 Å². The lowest BCUT2D eigenvalue weighted by atomic mass is 9.89. The predicted molar refractivity (Wildman–Crippen MR) is 173 cm³/mol. The van der Waals surface area contributed by atoms with Gasteiger partial charge < -0.3 is 0 Å². The summed E-state index contributed by atoms with van der Waals surface area (Å²) < 4.78 is 0. The van der Waals surface area contributed by atoms with Crippen LogP contribution in [0.25, 0.3) is 43.8 Å². The molecule has 0 atom stereocenters. The smallest absolute Gasteiger partial charge is 0.000727 e. The van der Waals surface area contributed by atoms with Crippen LogP contribution in [-0.2, 0) is 6.42 Å². The summed E-state index contributed by atoms with van der Waals surface area (Å²) >= 11 is 0. The van der Waals surface area contributed by atoms with Crippen molar-refractivity contribution in [3.63, 3.8) is 0 Å². The first-order chi connectivity index (χ1) is 20.3. The lowest BCUT2D eigenvalue weighted by Crippen LogP contribution is -2.29. The van der Waals surface area contributed by atoms with Gasteiger partial charge in [-0.25, -0.2) is 0 Å². The van der Waals surface area contributed by atoms with Crippen molar-refractivity contribution in [3.05, 3.63) is 190 Å². The minimum atomic E-state index is 0.888. The molecule has 0 nitrogen and oxygen atoms in total. The Morgan fingerprint density at radius 1 is 0.341 bits per heavy atom. The third-order valence-corrected chi connectivity index (χ3v) is 8.56. The number of hydrogen-bond donors (Lipinski definition) is 0. The highest BCUT2D eigenvalue weighted by Gasteiger charge is 2.19. The molecule has 0 saturated carbocycles. The Morgan fingerprint density at radius 3 is 1.61 bits per heavy atom. The number of hydrogen-bond acceptors (Lipinski definition) is 0. The van der Waals surface area contributed by atoms with Crippen molar-refractivity contribution in [2.75, 3.05) is 0 Å². The van der Waals surface area contributed by atoms with Gasteiger partial charge in [-0.05, 0) is 82.9 Å². The summed E-state index contributed by atoms with van der Waals surface area (Å²) in [5.74, 6) is 0. The maximum absolute atomic E-state index is 2.31. The van der Waals surface area contributed by atoms with E-state index in [9.17, 15) is 0 Å². The molecule has 1 aliphatic rings. The normalized spacial score (nSPS) is 12.7. The predicted octanol–water partition coefficient (Wildman–Crippen LogP) is 8.66. The third-order valence-electron chi connectivity index (χ3n) is 8.56. The molecule has 0 unspecified atom stereocenters. The van der Waals surface area contributed by atoms with Crippen molar-refractivity contribution < 1.29 is 0 Å². The molecule has 0 amide bonds. The van der Waals surface area contributed by atoms with Crippen LogP contribution in [0.5, 0.6) is 0 Å². The van der Waals surface area contributed by atoms with Crippen LogP contribution in [0.15, 0.2) is 158 Å². The Labute approximate surface area is 240 Å². The van der Waals surface area contributed by atoms with Crippen LogP contribution in [0.3, 0.4) is 0 Å². The highest BCUT2D eigenvalue weighted by atomic mass is 14.2. The molecule has 1 aliphatic carbocycles. The summed E-state index contributed by atoms with van der Waals surface area (Å²) in [4.78, 5) is 0. The molecule has 0 aliphatic heterocycles. The minimum absolute atomic E-state index is 0.888. The standard InChI is InChI=1S/C41H28/c1-4-16-33-28(11-1)14-9-21-34(33)30-23-25-31(26-24-30)41-36-18-6-3-13-32(36)27-40(38-19-7-8-20-39(38)41)37-22-10-15-29-12-2-5-17-35(29)37/h1-26H,27H2. The van der Waals surface area contributed by atoms with E-state index < -0.39 is 0 Å². The van der Waals surface area contributed by atoms with Crippen molar-refractivity contribution in [2.24, 2.45) is 0 Å². The molecule has 0 radical (unpaired) electrons. The summed E-state index contributed by atoms with van der Waals surface area (Å²) in [5.41, 5.74) is 10.4. The number of benzene rings is 7. The van der Waals surface area contributed by atoms with Crippen molar-refractivity contribution in [1.82, 2.24) is 0 Å². The molecule has 0 spiro atoms. The highest BCUT2D eigenvalue weighted by Crippen LogP contribution is 2.34. The molecule has 0 heterocycles. The molecular weight excluding hydrogens is 492 g/mol. The summed E-state index contributed by atoms with van der Waals surface area (Å²) in [6, 6.07) is 57.8. The molecule has 41 heavy (non-hydrogen) atoms. The molecule has 0 bridgehead atoms. The van der Waals surface area contributed by atoms with Crippen molar-refractivity contribution in [3.8, 4) is 11.1 Å². The van der Waals surface area contributed by atoms with Gasteiger partial charge in [0.2, 0.25) is 0 Å². The van der Waals surface area contributed by atoms with E-state index in [4.69, 9.17) is 0 Å². The average molecular weight is 521 g/mol. The fourth-order valence-electron chi connectivity index (χ4n) is 6.65. The van der Waals surface area contributed by atoms with Crippen molar-refractivity contribution >= 4 is 32.7 Å². The molecule has 192 valence electrons. The zero-order valence-electron chi connectivity index (χ0n) is 22.7. The van der Waals surface area contributed by atoms with Crippen molar-refractivity contribution in [1.29, 1.82) is 0 Å². The molecular formula is C41H28. The minimum Gasteiger partial charge on any atom is -0.0619 e. The van der Waals surface area contributed by atoms with Crippen molar-refractivity contribution in [2.45, 2.75) is 6.42 Å². The lowest BCUT2D eigenvalue weighted by molar-refractivity contribution is 1.26. The van der Waals surface area contributed by atoms with E-state index in [2.05, 4.69) is 158 Å². The zero-order valence-corrected chi connectivity index (χ0v) is 22.7. The second-order valence-corrected chi connectivity index (χ2v) is 10.9. The van der Waals surface area contributed by atoms with Crippen LogP contribution in [0.2, 0.25) is 0 Å². The van der Waals surface area contributed by atoms with E-state index in [1.807, 2.05) is 0 Å². The number of rotatable bonds is 3. The van der Waals surface area contributed by atoms with E-state index in [1.165, 1.54) is 76.5 Å². The van der Waals surface area contributed by atoms with E-state index in [1.54, 1.807) is 0 Å². The lowest BCUT2D eigenvalue weighted by Gasteiger charge is -2.14. The molecule has 0 aromatic heterocycles. The Bertz CT molecular complexity index is 2200. The molecule has 0 N–H and O–H groups in total. The van der Waals surface area contributed by atoms with Crippen LogP contribution >= 0.6 is 0 Å². The quantitative estimate of drug-likeness (QED) is 0.219. The molecule has 8 rings (SSSR count). The maximum atomic E-state index is 2.31. The second-order valence-electron chi connectivity index (χ2n) is 10.9. The van der Waals surface area contributed by atoms with Gasteiger partial charge in [0, 0.05) is 0 Å². The third kappa shape index (κ3) is 4.00. The molecule has 0 heteroatoms. The van der Waals surface area contributed by atoms with Gasteiger partial charge in [-0.1, -0.05) is 158 Å². The van der Waals surface area contributed by atoms with Gasteiger partial charge in [-0.3, -0.25) is 0 Å². The van der Waals surface area contributed by atoms with E-state index in [-0.39, 0.29) is 0 Å². The van der Waals surface area contributed by atoms with Gasteiger partial charge in [-0.2, -0.15) is 0 Å². The van der Waals surface area contributed by atoms with Gasteiger partial charge in [0.15, 0.2) is 0 Å². The zero-order chi connectivity index (χ0) is 27.2. The largest absolute Gasteiger partial charge is 0.0619 e. The summed E-state index contributed by atoms with van der Waals surface area (Å²) in [6.07, 6.45) is 0.888. The Balaban J connectivity index is 1.40. The van der Waals surface area contributed by atoms with Crippen LogP contribution in [0, 0.1) is 0 Å². The Morgan fingerprint density at radius 2 is 0.854 bits per heavy atom. The molecule has 7 aromatic rings. The van der Waals surface area contributed by atoms with E-state index in [0.29, 0.717) is 0 Å². The van der Waals surface area contributed by atoms with Crippen LogP contribution in [0.1, 0.15) is 22.3 Å². The van der Waals surface area contributed by atoms with Crippen LogP contribution < -0.4 is 10.4 Å². The van der Waals surface area contributed by atoms with Gasteiger partial charge in [0.1, 0.15) is 0 Å². The molecule has 7 aromatic carbocycles.